The van der Waals surface area contributed by atoms with Crippen molar-refractivity contribution in [3.63, 3.8) is 0 Å². The lowest BCUT2D eigenvalue weighted by Gasteiger charge is -2.20. The maximum absolute atomic E-state index is 13.0. The second kappa shape index (κ2) is 8.68. The lowest BCUT2D eigenvalue weighted by molar-refractivity contribution is 0.0781. The third kappa shape index (κ3) is 4.65. The van der Waals surface area contributed by atoms with Gasteiger partial charge in [-0.25, -0.2) is 4.98 Å². The minimum Gasteiger partial charge on any atom is -0.496 e. The molecule has 2 aromatic carbocycles. The van der Waals surface area contributed by atoms with Crippen LogP contribution in [0.25, 0.3) is 0 Å². The number of pyridine rings is 1. The van der Waals surface area contributed by atoms with Crippen molar-refractivity contribution in [2.24, 2.45) is 0 Å². The van der Waals surface area contributed by atoms with E-state index in [1.165, 1.54) is 0 Å². The van der Waals surface area contributed by atoms with Crippen molar-refractivity contribution in [2.75, 3.05) is 14.2 Å². The fourth-order valence-electron chi connectivity index (χ4n) is 2.62. The van der Waals surface area contributed by atoms with Gasteiger partial charge < -0.3 is 14.4 Å². The van der Waals surface area contributed by atoms with Crippen LogP contribution in [0.5, 0.6) is 17.4 Å². The highest BCUT2D eigenvalue weighted by molar-refractivity contribution is 9.10. The van der Waals surface area contributed by atoms with E-state index >= 15 is 0 Å². The molecule has 0 radical (unpaired) electrons. The largest absolute Gasteiger partial charge is 0.496 e. The quantitative estimate of drug-likeness (QED) is 0.561. The lowest BCUT2D eigenvalue weighted by Crippen LogP contribution is -2.27. The molecule has 3 rings (SSSR count). The van der Waals surface area contributed by atoms with Gasteiger partial charge in [-0.3, -0.25) is 4.79 Å². The molecule has 5 nitrogen and oxygen atoms in total. The van der Waals surface area contributed by atoms with Crippen LogP contribution >= 0.6 is 15.9 Å². The number of carbonyl (C=O) groups excluding carboxylic acids is 1. The summed E-state index contributed by atoms with van der Waals surface area (Å²) in [6.07, 6.45) is 1.60. The third-order valence-corrected chi connectivity index (χ3v) is 4.51. The summed E-state index contributed by atoms with van der Waals surface area (Å²) in [5.74, 6) is 1.45. The summed E-state index contributed by atoms with van der Waals surface area (Å²) in [5.41, 5.74) is 1.33. The monoisotopic (exact) mass is 426 g/mol. The van der Waals surface area contributed by atoms with Crippen molar-refractivity contribution in [1.82, 2.24) is 9.88 Å². The van der Waals surface area contributed by atoms with Crippen LogP contribution in [0.15, 0.2) is 71.3 Å². The number of ether oxygens (including phenoxy) is 2. The molecule has 0 atom stereocenters. The number of hydrogen-bond acceptors (Lipinski definition) is 4. The summed E-state index contributed by atoms with van der Waals surface area (Å²) < 4.78 is 12.1. The van der Waals surface area contributed by atoms with Crippen LogP contribution in [0.4, 0.5) is 0 Å². The molecule has 0 bridgehead atoms. The van der Waals surface area contributed by atoms with E-state index in [0.717, 1.165) is 15.8 Å². The highest BCUT2D eigenvalue weighted by atomic mass is 79.9. The minimum absolute atomic E-state index is 0.180. The van der Waals surface area contributed by atoms with Crippen LogP contribution in [0.3, 0.4) is 0 Å². The van der Waals surface area contributed by atoms with Gasteiger partial charge in [-0.1, -0.05) is 34.1 Å². The van der Waals surface area contributed by atoms with Crippen LogP contribution in [-0.4, -0.2) is 29.9 Å². The van der Waals surface area contributed by atoms with Gasteiger partial charge in [0.05, 0.1) is 7.11 Å². The Kier molecular flexibility index (Phi) is 6.08. The zero-order valence-electron chi connectivity index (χ0n) is 15.1. The Morgan fingerprint density at radius 1 is 1.07 bits per heavy atom. The molecule has 0 saturated heterocycles. The number of hydrogen-bond donors (Lipinski definition) is 0. The van der Waals surface area contributed by atoms with E-state index < -0.39 is 0 Å². The summed E-state index contributed by atoms with van der Waals surface area (Å²) in [5, 5.41) is 0. The normalized spacial score (nSPS) is 10.3. The molecule has 1 amide bonds. The van der Waals surface area contributed by atoms with Gasteiger partial charge in [0.2, 0.25) is 5.88 Å². The molecule has 0 fully saturated rings. The summed E-state index contributed by atoms with van der Waals surface area (Å²) in [7, 11) is 3.36. The maximum Gasteiger partial charge on any atom is 0.259 e. The summed E-state index contributed by atoms with van der Waals surface area (Å²) in [4.78, 5) is 18.8. The van der Waals surface area contributed by atoms with Gasteiger partial charge in [-0.2, -0.15) is 0 Å². The average Bonchev–Trinajstić information content (AvgIpc) is 2.70. The van der Waals surface area contributed by atoms with Crippen molar-refractivity contribution in [3.05, 3.63) is 82.5 Å². The van der Waals surface area contributed by atoms with Crippen LogP contribution in [0.2, 0.25) is 0 Å². The van der Waals surface area contributed by atoms with Gasteiger partial charge >= 0.3 is 0 Å². The zero-order valence-corrected chi connectivity index (χ0v) is 16.6. The van der Waals surface area contributed by atoms with Crippen molar-refractivity contribution < 1.29 is 14.3 Å². The molecular weight excluding hydrogens is 408 g/mol. The van der Waals surface area contributed by atoms with Gasteiger partial charge in [0.1, 0.15) is 17.1 Å². The number of aromatic nitrogens is 1. The second-order valence-electron chi connectivity index (χ2n) is 5.89. The number of nitrogens with zero attached hydrogens (tertiary/aromatic N) is 2. The van der Waals surface area contributed by atoms with Crippen molar-refractivity contribution in [1.29, 1.82) is 0 Å². The van der Waals surface area contributed by atoms with Gasteiger partial charge in [-0.05, 0) is 42.5 Å². The van der Waals surface area contributed by atoms with E-state index in [9.17, 15) is 4.79 Å². The third-order valence-electron chi connectivity index (χ3n) is 3.98. The Morgan fingerprint density at radius 2 is 1.81 bits per heavy atom. The first-order valence-electron chi connectivity index (χ1n) is 8.34. The first-order chi connectivity index (χ1) is 13.1. The first kappa shape index (κ1) is 18.9. The smallest absolute Gasteiger partial charge is 0.259 e. The SMILES string of the molecule is COc1ccccc1CN(C)C(=O)c1cccnc1Oc1ccc(Br)cc1. The number of halogens is 1. The molecule has 1 heterocycles. The lowest BCUT2D eigenvalue weighted by atomic mass is 10.1. The molecule has 27 heavy (non-hydrogen) atoms. The Labute approximate surface area is 166 Å². The Balaban J connectivity index is 1.81. The fourth-order valence-corrected chi connectivity index (χ4v) is 2.88. The minimum atomic E-state index is -0.180. The van der Waals surface area contributed by atoms with Crippen LogP contribution < -0.4 is 9.47 Å². The van der Waals surface area contributed by atoms with Gasteiger partial charge in [0.25, 0.3) is 5.91 Å². The van der Waals surface area contributed by atoms with E-state index in [2.05, 4.69) is 20.9 Å². The van der Waals surface area contributed by atoms with Crippen LogP contribution in [-0.2, 0) is 6.54 Å². The molecule has 0 aliphatic rings. The molecule has 0 N–H and O–H groups in total. The molecular formula is C21H19BrN2O3. The topological polar surface area (TPSA) is 51.7 Å². The molecule has 138 valence electrons. The maximum atomic E-state index is 13.0. The van der Waals surface area contributed by atoms with E-state index in [0.29, 0.717) is 17.9 Å². The second-order valence-corrected chi connectivity index (χ2v) is 6.80. The Morgan fingerprint density at radius 3 is 2.56 bits per heavy atom. The molecule has 3 aromatic rings. The van der Waals surface area contributed by atoms with E-state index in [4.69, 9.17) is 9.47 Å². The Hall–Kier alpha value is -2.86. The van der Waals surface area contributed by atoms with Gasteiger partial charge in [0.15, 0.2) is 0 Å². The molecule has 0 unspecified atom stereocenters. The fraction of sp³-hybridized carbons (Fsp3) is 0.143. The summed E-state index contributed by atoms with van der Waals surface area (Å²) in [6.45, 7) is 0.412. The molecule has 6 heteroatoms. The predicted octanol–water partition coefficient (Wildman–Crippen LogP) is 4.92. The van der Waals surface area contributed by atoms with E-state index in [1.54, 1.807) is 37.4 Å². The van der Waals surface area contributed by atoms with Crippen molar-refractivity contribution in [2.45, 2.75) is 6.54 Å². The number of methoxy groups -OCH3 is 1. The van der Waals surface area contributed by atoms with Crippen LogP contribution in [0.1, 0.15) is 15.9 Å². The van der Waals surface area contributed by atoms with E-state index in [1.807, 2.05) is 48.5 Å². The van der Waals surface area contributed by atoms with Crippen LogP contribution in [0, 0.1) is 0 Å². The molecule has 0 aliphatic carbocycles. The standard InChI is InChI=1S/C21H19BrN2O3/c1-24(14-15-6-3-4-8-19(15)26-2)21(25)18-7-5-13-23-20(18)27-17-11-9-16(22)10-12-17/h3-13H,14H2,1-2H3. The number of para-hydroxylation sites is 1. The number of carbonyl (C=O) groups is 1. The van der Waals surface area contributed by atoms with Gasteiger partial charge in [-0.15, -0.1) is 0 Å². The molecule has 0 aliphatic heterocycles. The van der Waals surface area contributed by atoms with E-state index in [-0.39, 0.29) is 11.8 Å². The zero-order chi connectivity index (χ0) is 19.2. The van der Waals surface area contributed by atoms with Gasteiger partial charge in [0, 0.05) is 29.8 Å². The summed E-state index contributed by atoms with van der Waals surface area (Å²) >= 11 is 3.39. The molecule has 0 spiro atoms. The van der Waals surface area contributed by atoms with Crippen molar-refractivity contribution >= 4 is 21.8 Å². The summed E-state index contributed by atoms with van der Waals surface area (Å²) in [6, 6.07) is 18.4. The molecule has 1 aromatic heterocycles. The number of amides is 1. The number of rotatable bonds is 6. The number of benzene rings is 2. The Bertz CT molecular complexity index is 929. The average molecular weight is 427 g/mol. The highest BCUT2D eigenvalue weighted by Gasteiger charge is 2.19. The molecule has 0 saturated carbocycles. The predicted molar refractivity (Wildman–Crippen MR) is 107 cm³/mol. The first-order valence-corrected chi connectivity index (χ1v) is 9.13. The highest BCUT2D eigenvalue weighted by Crippen LogP contribution is 2.26. The van der Waals surface area contributed by atoms with Crippen molar-refractivity contribution in [3.8, 4) is 17.4 Å².